The zero-order chi connectivity index (χ0) is 10.1. The summed E-state index contributed by atoms with van der Waals surface area (Å²) in [5.41, 5.74) is 2.11. The number of aromatic nitrogens is 3. The van der Waals surface area contributed by atoms with Crippen LogP contribution in [0, 0.1) is 9.49 Å². The maximum Gasteiger partial charge on any atom is 0.113 e. The highest BCUT2D eigenvalue weighted by molar-refractivity contribution is 14.1. The fraction of sp³-hybridized carbons (Fsp3) is 0.400. The lowest BCUT2D eigenvalue weighted by Gasteiger charge is -2.04. The van der Waals surface area contributed by atoms with Gasteiger partial charge in [-0.15, -0.1) is 5.10 Å². The first kappa shape index (κ1) is 9.89. The van der Waals surface area contributed by atoms with Crippen molar-refractivity contribution in [2.24, 2.45) is 5.92 Å². The first-order valence-electron chi connectivity index (χ1n) is 4.65. The maximum absolute atomic E-state index is 4.14. The van der Waals surface area contributed by atoms with Gasteiger partial charge in [-0.2, -0.15) is 0 Å². The van der Waals surface area contributed by atoms with E-state index >= 15 is 0 Å². The summed E-state index contributed by atoms with van der Waals surface area (Å²) in [6.45, 7) is 5.29. The second kappa shape index (κ2) is 3.84. The second-order valence-corrected chi connectivity index (χ2v) is 5.04. The van der Waals surface area contributed by atoms with Crippen molar-refractivity contribution in [3.8, 4) is 0 Å². The minimum atomic E-state index is 0.595. The molecular weight excluding hydrogens is 289 g/mol. The first-order chi connectivity index (χ1) is 6.66. The van der Waals surface area contributed by atoms with Gasteiger partial charge in [-0.25, -0.2) is 4.68 Å². The molecule has 0 bridgehead atoms. The number of benzene rings is 1. The molecule has 74 valence electrons. The number of hydrogen-bond acceptors (Lipinski definition) is 2. The Morgan fingerprint density at radius 3 is 2.93 bits per heavy atom. The van der Waals surface area contributed by atoms with Gasteiger partial charge < -0.3 is 0 Å². The second-order valence-electron chi connectivity index (χ2n) is 3.80. The summed E-state index contributed by atoms with van der Waals surface area (Å²) in [4.78, 5) is 0. The zero-order valence-electron chi connectivity index (χ0n) is 8.24. The molecule has 0 aliphatic heterocycles. The Kier molecular flexibility index (Phi) is 2.71. The van der Waals surface area contributed by atoms with E-state index < -0.39 is 0 Å². The van der Waals surface area contributed by atoms with Gasteiger partial charge in [0.25, 0.3) is 0 Å². The molecule has 0 amide bonds. The van der Waals surface area contributed by atoms with E-state index in [1.807, 2.05) is 10.7 Å². The molecule has 0 saturated carbocycles. The van der Waals surface area contributed by atoms with Crippen molar-refractivity contribution in [1.29, 1.82) is 0 Å². The number of rotatable bonds is 2. The third-order valence-corrected chi connectivity index (χ3v) is 2.69. The van der Waals surface area contributed by atoms with Crippen LogP contribution >= 0.6 is 22.6 Å². The van der Waals surface area contributed by atoms with E-state index in [4.69, 9.17) is 0 Å². The normalized spacial score (nSPS) is 11.4. The van der Waals surface area contributed by atoms with E-state index in [2.05, 4.69) is 58.9 Å². The molecule has 1 aromatic heterocycles. The molecule has 0 spiro atoms. The summed E-state index contributed by atoms with van der Waals surface area (Å²) in [5.74, 6) is 0.595. The maximum atomic E-state index is 4.14. The van der Waals surface area contributed by atoms with Gasteiger partial charge in [-0.3, -0.25) is 0 Å². The van der Waals surface area contributed by atoms with Crippen LogP contribution in [0.5, 0.6) is 0 Å². The molecule has 2 rings (SSSR count). The summed E-state index contributed by atoms with van der Waals surface area (Å²) < 4.78 is 3.20. The molecule has 0 atom stereocenters. The van der Waals surface area contributed by atoms with Crippen LogP contribution in [0.4, 0.5) is 0 Å². The van der Waals surface area contributed by atoms with Crippen molar-refractivity contribution in [2.75, 3.05) is 0 Å². The Labute approximate surface area is 96.6 Å². The van der Waals surface area contributed by atoms with Crippen LogP contribution in [0.25, 0.3) is 11.0 Å². The molecule has 0 fully saturated rings. The van der Waals surface area contributed by atoms with E-state index in [1.165, 1.54) is 3.57 Å². The van der Waals surface area contributed by atoms with Crippen LogP contribution in [0.2, 0.25) is 0 Å². The standard InChI is InChI=1S/C10H12IN3/c1-7(2)6-14-10-5-8(11)3-4-9(10)12-13-14/h3-5,7H,6H2,1-2H3. The summed E-state index contributed by atoms with van der Waals surface area (Å²) in [5, 5.41) is 8.26. The summed E-state index contributed by atoms with van der Waals surface area (Å²) in [6, 6.07) is 6.19. The molecule has 14 heavy (non-hydrogen) atoms. The predicted molar refractivity (Wildman–Crippen MR) is 65.1 cm³/mol. The van der Waals surface area contributed by atoms with Crippen LogP contribution < -0.4 is 0 Å². The van der Waals surface area contributed by atoms with E-state index in [1.54, 1.807) is 0 Å². The first-order valence-corrected chi connectivity index (χ1v) is 5.73. The minimum absolute atomic E-state index is 0.595. The highest BCUT2D eigenvalue weighted by Gasteiger charge is 2.05. The third-order valence-electron chi connectivity index (χ3n) is 2.01. The van der Waals surface area contributed by atoms with Crippen molar-refractivity contribution in [2.45, 2.75) is 20.4 Å². The lowest BCUT2D eigenvalue weighted by Crippen LogP contribution is -2.05. The van der Waals surface area contributed by atoms with E-state index in [0.717, 1.165) is 17.6 Å². The Bertz CT molecular complexity index is 448. The van der Waals surface area contributed by atoms with Gasteiger partial charge in [0, 0.05) is 10.1 Å². The molecular formula is C10H12IN3. The van der Waals surface area contributed by atoms with Crippen LogP contribution in [0.1, 0.15) is 13.8 Å². The van der Waals surface area contributed by atoms with Crippen molar-refractivity contribution in [3.05, 3.63) is 21.8 Å². The third kappa shape index (κ3) is 1.89. The smallest absolute Gasteiger partial charge is 0.113 e. The molecule has 0 N–H and O–H groups in total. The average Bonchev–Trinajstić information content (AvgIpc) is 2.47. The van der Waals surface area contributed by atoms with Crippen molar-refractivity contribution < 1.29 is 0 Å². The lowest BCUT2D eigenvalue weighted by atomic mass is 10.2. The monoisotopic (exact) mass is 301 g/mol. The molecule has 0 unspecified atom stereocenters. The Hall–Kier alpha value is -0.650. The van der Waals surface area contributed by atoms with Crippen molar-refractivity contribution in [1.82, 2.24) is 15.0 Å². The molecule has 3 nitrogen and oxygen atoms in total. The minimum Gasteiger partial charge on any atom is -0.244 e. The van der Waals surface area contributed by atoms with Crippen LogP contribution in [0.15, 0.2) is 18.2 Å². The van der Waals surface area contributed by atoms with Crippen LogP contribution in [-0.2, 0) is 6.54 Å². The summed E-state index contributed by atoms with van der Waals surface area (Å²) >= 11 is 2.31. The number of hydrogen-bond donors (Lipinski definition) is 0. The molecule has 1 heterocycles. The van der Waals surface area contributed by atoms with Crippen molar-refractivity contribution in [3.63, 3.8) is 0 Å². The fourth-order valence-corrected chi connectivity index (χ4v) is 1.89. The van der Waals surface area contributed by atoms with E-state index in [9.17, 15) is 0 Å². The molecule has 2 aromatic rings. The Balaban J connectivity index is 2.50. The topological polar surface area (TPSA) is 30.7 Å². The largest absolute Gasteiger partial charge is 0.244 e. The quantitative estimate of drug-likeness (QED) is 0.799. The molecule has 4 heteroatoms. The Morgan fingerprint density at radius 1 is 1.43 bits per heavy atom. The lowest BCUT2D eigenvalue weighted by molar-refractivity contribution is 0.483. The van der Waals surface area contributed by atoms with Gasteiger partial charge >= 0.3 is 0 Å². The van der Waals surface area contributed by atoms with Crippen molar-refractivity contribution >= 4 is 33.6 Å². The zero-order valence-corrected chi connectivity index (χ0v) is 10.4. The highest BCUT2D eigenvalue weighted by atomic mass is 127. The molecule has 0 radical (unpaired) electrons. The average molecular weight is 301 g/mol. The van der Waals surface area contributed by atoms with Gasteiger partial charge in [0.15, 0.2) is 0 Å². The van der Waals surface area contributed by atoms with Gasteiger partial charge in [0.05, 0.1) is 5.52 Å². The van der Waals surface area contributed by atoms with E-state index in [0.29, 0.717) is 5.92 Å². The molecule has 0 saturated heterocycles. The predicted octanol–water partition coefficient (Wildman–Crippen LogP) is 2.69. The molecule has 0 aliphatic carbocycles. The van der Waals surface area contributed by atoms with Gasteiger partial charge in [-0.05, 0) is 46.7 Å². The van der Waals surface area contributed by atoms with Crippen LogP contribution in [-0.4, -0.2) is 15.0 Å². The van der Waals surface area contributed by atoms with Gasteiger partial charge in [0.1, 0.15) is 5.52 Å². The summed E-state index contributed by atoms with van der Waals surface area (Å²) in [7, 11) is 0. The van der Waals surface area contributed by atoms with Gasteiger partial charge in [-0.1, -0.05) is 19.1 Å². The summed E-state index contributed by atoms with van der Waals surface area (Å²) in [6.07, 6.45) is 0. The van der Waals surface area contributed by atoms with E-state index in [-0.39, 0.29) is 0 Å². The van der Waals surface area contributed by atoms with Crippen LogP contribution in [0.3, 0.4) is 0 Å². The number of halogens is 1. The number of fused-ring (bicyclic) bond motifs is 1. The SMILES string of the molecule is CC(C)Cn1nnc2ccc(I)cc21. The fourth-order valence-electron chi connectivity index (χ4n) is 1.42. The number of nitrogens with zero attached hydrogens (tertiary/aromatic N) is 3. The Morgan fingerprint density at radius 2 is 2.21 bits per heavy atom. The molecule has 0 aliphatic rings. The molecule has 1 aromatic carbocycles. The highest BCUT2D eigenvalue weighted by Crippen LogP contribution is 2.15. The van der Waals surface area contributed by atoms with Gasteiger partial charge in [0.2, 0.25) is 0 Å².